The number of hydrogen-bond donors (Lipinski definition) is 0. The number of hydrogen-bond acceptors (Lipinski definition) is 2. The lowest BCUT2D eigenvalue weighted by atomic mass is 9.90. The molecule has 4 atom stereocenters. The Kier molecular flexibility index (Phi) is 3.40. The van der Waals surface area contributed by atoms with Crippen molar-refractivity contribution < 1.29 is 9.22 Å². The van der Waals surface area contributed by atoms with Crippen LogP contribution in [0, 0.1) is 5.92 Å². The number of nitrogens with zero attached hydrogens (tertiary/aromatic N) is 2. The second kappa shape index (κ2) is 5.11. The molecule has 1 spiro atoms. The second-order valence-corrected chi connectivity index (χ2v) is 7.40. The maximum absolute atomic E-state index is 5.38. The lowest BCUT2D eigenvalue weighted by Gasteiger charge is -2.36. The molecule has 2 saturated heterocycles. The Labute approximate surface area is 123 Å². The highest BCUT2D eigenvalue weighted by molar-refractivity contribution is 5.07. The minimum absolute atomic E-state index is 0.382. The molecule has 0 aromatic carbocycles. The average Bonchev–Trinajstić information content (AvgIpc) is 3.40. The fraction of sp³-hybridized carbons (Fsp3) is 0.882. The zero-order valence-corrected chi connectivity index (χ0v) is 12.8. The van der Waals surface area contributed by atoms with E-state index in [1.54, 1.807) is 6.42 Å². The van der Waals surface area contributed by atoms with Gasteiger partial charge in [-0.1, -0.05) is 12.2 Å². The Hall–Kier alpha value is -0.380. The predicted molar refractivity (Wildman–Crippen MR) is 80.5 cm³/mol. The lowest BCUT2D eigenvalue weighted by Crippen LogP contribution is -2.52. The normalized spacial score (nSPS) is 41.6. The van der Waals surface area contributed by atoms with Gasteiger partial charge in [-0.25, -0.2) is 0 Å². The van der Waals surface area contributed by atoms with Gasteiger partial charge in [0, 0.05) is 20.2 Å². The lowest BCUT2D eigenvalue weighted by molar-refractivity contribution is -0.855. The summed E-state index contributed by atoms with van der Waals surface area (Å²) in [6.45, 7) is 6.95. The number of rotatable bonds is 5. The topological polar surface area (TPSA) is 12.5 Å². The zero-order valence-electron chi connectivity index (χ0n) is 12.8. The van der Waals surface area contributed by atoms with Gasteiger partial charge in [-0.05, 0) is 38.1 Å². The first-order valence-electron chi connectivity index (χ1n) is 8.62. The predicted octanol–water partition coefficient (Wildman–Crippen LogP) is 2.03. The van der Waals surface area contributed by atoms with Gasteiger partial charge in [0.05, 0.1) is 25.6 Å². The summed E-state index contributed by atoms with van der Waals surface area (Å²) in [7, 11) is 1.82. The molecule has 112 valence electrons. The highest BCUT2D eigenvalue weighted by atomic mass is 16.5. The Morgan fingerprint density at radius 2 is 1.95 bits per heavy atom. The van der Waals surface area contributed by atoms with Crippen LogP contribution in [0.2, 0.25) is 0 Å². The maximum atomic E-state index is 5.38. The molecule has 2 heterocycles. The van der Waals surface area contributed by atoms with Crippen LogP contribution in [0.1, 0.15) is 32.1 Å². The Bertz CT molecular complexity index is 376. The number of ether oxygens (including phenoxy) is 1. The molecule has 4 aliphatic rings. The number of allylic oxidation sites excluding steroid dienone is 1. The fourth-order valence-corrected chi connectivity index (χ4v) is 4.67. The number of methoxy groups -OCH3 is 1. The molecule has 0 aromatic heterocycles. The molecule has 0 aromatic rings. The summed E-state index contributed by atoms with van der Waals surface area (Å²) in [6.07, 6.45) is 11.9. The van der Waals surface area contributed by atoms with Gasteiger partial charge in [-0.3, -0.25) is 4.90 Å². The fourth-order valence-electron chi connectivity index (χ4n) is 4.67. The van der Waals surface area contributed by atoms with Crippen molar-refractivity contribution in [2.75, 3.05) is 39.8 Å². The SMILES string of the molecule is CO[C@H]1C=C[C@@H](CCCN2CC[N+]3(CC2)C2CC23)CC1. The first kappa shape index (κ1) is 13.3. The van der Waals surface area contributed by atoms with E-state index < -0.39 is 0 Å². The molecule has 0 amide bonds. The van der Waals surface area contributed by atoms with E-state index in [-0.39, 0.29) is 0 Å². The van der Waals surface area contributed by atoms with Gasteiger partial charge < -0.3 is 9.22 Å². The maximum Gasteiger partial charge on any atom is 0.148 e. The average molecular weight is 277 g/mol. The first-order valence-corrected chi connectivity index (χ1v) is 8.62. The molecular weight excluding hydrogens is 248 g/mol. The van der Waals surface area contributed by atoms with E-state index >= 15 is 0 Å². The van der Waals surface area contributed by atoms with Crippen LogP contribution >= 0.6 is 0 Å². The second-order valence-electron chi connectivity index (χ2n) is 7.40. The van der Waals surface area contributed by atoms with Crippen molar-refractivity contribution in [2.24, 2.45) is 5.92 Å². The van der Waals surface area contributed by atoms with Gasteiger partial charge in [0.25, 0.3) is 0 Å². The zero-order chi connectivity index (χ0) is 13.6. The van der Waals surface area contributed by atoms with Crippen LogP contribution in [0.3, 0.4) is 0 Å². The van der Waals surface area contributed by atoms with E-state index in [2.05, 4.69) is 17.1 Å². The molecule has 0 bridgehead atoms. The van der Waals surface area contributed by atoms with E-state index in [1.165, 1.54) is 62.9 Å². The molecule has 20 heavy (non-hydrogen) atoms. The number of fused-ring (bicyclic) bond motifs is 3. The monoisotopic (exact) mass is 277 g/mol. The smallest absolute Gasteiger partial charge is 0.148 e. The van der Waals surface area contributed by atoms with E-state index in [4.69, 9.17) is 4.74 Å². The van der Waals surface area contributed by atoms with Gasteiger partial charge in [0.1, 0.15) is 12.1 Å². The van der Waals surface area contributed by atoms with Crippen LogP contribution in [0.5, 0.6) is 0 Å². The van der Waals surface area contributed by atoms with E-state index in [1.807, 2.05) is 7.11 Å². The Morgan fingerprint density at radius 3 is 2.50 bits per heavy atom. The summed E-state index contributed by atoms with van der Waals surface area (Å²) < 4.78 is 6.91. The Balaban J connectivity index is 1.13. The first-order chi connectivity index (χ1) is 9.82. The standard InChI is InChI=1S/C17H29N2O/c1-20-15-6-4-14(5-7-15)3-2-8-18-9-11-19(12-10-18)16-13-17(16)19/h4,6,14-17H,2-3,5,7-13H2,1H3/q+1/t14-,15+,16?,17?/m1/s1. The van der Waals surface area contributed by atoms with Crippen molar-refractivity contribution in [1.29, 1.82) is 0 Å². The molecule has 2 aliphatic heterocycles. The Morgan fingerprint density at radius 1 is 1.15 bits per heavy atom. The third kappa shape index (κ3) is 2.34. The molecule has 3 nitrogen and oxygen atoms in total. The van der Waals surface area contributed by atoms with Crippen molar-refractivity contribution in [3.8, 4) is 0 Å². The summed E-state index contributed by atoms with van der Waals surface area (Å²) >= 11 is 0. The van der Waals surface area contributed by atoms with E-state index in [0.29, 0.717) is 6.10 Å². The van der Waals surface area contributed by atoms with Gasteiger partial charge in [0.2, 0.25) is 0 Å². The molecular formula is C17H29N2O+. The van der Waals surface area contributed by atoms with Crippen molar-refractivity contribution in [2.45, 2.75) is 50.3 Å². The summed E-state index contributed by atoms with van der Waals surface area (Å²) in [5.74, 6) is 0.810. The molecule has 0 radical (unpaired) electrons. The summed E-state index contributed by atoms with van der Waals surface area (Å²) in [4.78, 5) is 2.71. The van der Waals surface area contributed by atoms with Crippen LogP contribution in [-0.2, 0) is 4.74 Å². The van der Waals surface area contributed by atoms with Gasteiger partial charge in [0.15, 0.2) is 0 Å². The minimum atomic E-state index is 0.382. The van der Waals surface area contributed by atoms with Crippen molar-refractivity contribution in [3.05, 3.63) is 12.2 Å². The van der Waals surface area contributed by atoms with E-state index in [9.17, 15) is 0 Å². The van der Waals surface area contributed by atoms with Crippen LogP contribution < -0.4 is 0 Å². The van der Waals surface area contributed by atoms with Crippen molar-refractivity contribution in [1.82, 2.24) is 4.90 Å². The van der Waals surface area contributed by atoms with Crippen LogP contribution in [0.4, 0.5) is 0 Å². The molecule has 4 rings (SSSR count). The summed E-state index contributed by atoms with van der Waals surface area (Å²) in [5, 5.41) is 0. The highest BCUT2D eigenvalue weighted by Gasteiger charge is 2.80. The quantitative estimate of drug-likeness (QED) is 0.433. The minimum Gasteiger partial charge on any atom is -0.377 e. The molecule has 3 heteroatoms. The van der Waals surface area contributed by atoms with Crippen LogP contribution in [-0.4, -0.2) is 67.4 Å². The number of piperazine rings is 1. The molecule has 2 unspecified atom stereocenters. The third-order valence-electron chi connectivity index (χ3n) is 6.39. The van der Waals surface area contributed by atoms with Crippen LogP contribution in [0.15, 0.2) is 12.2 Å². The number of quaternary nitrogens is 1. The molecule has 0 N–H and O–H groups in total. The van der Waals surface area contributed by atoms with Gasteiger partial charge >= 0.3 is 0 Å². The summed E-state index contributed by atoms with van der Waals surface area (Å²) in [6, 6.07) is 2.25. The highest BCUT2D eigenvalue weighted by Crippen LogP contribution is 2.59. The van der Waals surface area contributed by atoms with Crippen molar-refractivity contribution >= 4 is 0 Å². The van der Waals surface area contributed by atoms with E-state index in [0.717, 1.165) is 18.0 Å². The van der Waals surface area contributed by atoms with Gasteiger partial charge in [-0.2, -0.15) is 0 Å². The summed E-state index contributed by atoms with van der Waals surface area (Å²) in [5.41, 5.74) is 0. The third-order valence-corrected chi connectivity index (χ3v) is 6.39. The van der Waals surface area contributed by atoms with Gasteiger partial charge in [-0.15, -0.1) is 0 Å². The van der Waals surface area contributed by atoms with Crippen molar-refractivity contribution in [3.63, 3.8) is 0 Å². The van der Waals surface area contributed by atoms with Crippen LogP contribution in [0.25, 0.3) is 0 Å². The largest absolute Gasteiger partial charge is 0.377 e. The molecule has 1 saturated carbocycles. The molecule has 3 fully saturated rings. The molecule has 2 aliphatic carbocycles.